The molecule has 130 valence electrons. The van der Waals surface area contributed by atoms with Crippen LogP contribution in [0.15, 0.2) is 29.0 Å². The fourth-order valence-electron chi connectivity index (χ4n) is 2.36. The van der Waals surface area contributed by atoms with Crippen molar-refractivity contribution in [3.05, 3.63) is 30.4 Å². The van der Waals surface area contributed by atoms with E-state index in [4.69, 9.17) is 4.52 Å². The van der Waals surface area contributed by atoms with Gasteiger partial charge in [0.1, 0.15) is 0 Å². The van der Waals surface area contributed by atoms with Gasteiger partial charge >= 0.3 is 0 Å². The second kappa shape index (κ2) is 7.53. The first kappa shape index (κ1) is 18.1. The van der Waals surface area contributed by atoms with Crippen LogP contribution in [0.25, 0.3) is 11.4 Å². The number of hydrogen-bond acceptors (Lipinski definition) is 6. The summed E-state index contributed by atoms with van der Waals surface area (Å²) in [5, 5.41) is 13.9. The van der Waals surface area contributed by atoms with Crippen molar-refractivity contribution in [1.82, 2.24) is 20.0 Å². The molecule has 7 nitrogen and oxygen atoms in total. The number of pyridine rings is 1. The van der Waals surface area contributed by atoms with Gasteiger partial charge in [-0.1, -0.05) is 25.9 Å². The van der Waals surface area contributed by atoms with Crippen LogP contribution in [0.3, 0.4) is 0 Å². The van der Waals surface area contributed by atoms with Gasteiger partial charge in [-0.05, 0) is 24.0 Å². The number of carbonyl (C=O) groups excluding carboxylic acids is 1. The average molecular weight is 332 g/mol. The number of aromatic nitrogens is 3. The molecule has 0 bridgehead atoms. The highest BCUT2D eigenvalue weighted by Crippen LogP contribution is 2.22. The summed E-state index contributed by atoms with van der Waals surface area (Å²) in [5.74, 6) is 0.620. The minimum atomic E-state index is -0.659. The van der Waals surface area contributed by atoms with Crippen molar-refractivity contribution in [2.45, 2.75) is 46.3 Å². The fourth-order valence-corrected chi connectivity index (χ4v) is 2.36. The predicted octanol–water partition coefficient (Wildman–Crippen LogP) is 2.28. The smallest absolute Gasteiger partial charge is 0.246 e. The summed E-state index contributed by atoms with van der Waals surface area (Å²) in [4.78, 5) is 21.9. The van der Waals surface area contributed by atoms with E-state index in [0.717, 1.165) is 5.56 Å². The summed E-state index contributed by atoms with van der Waals surface area (Å²) in [6, 6.07) is 3.62. The monoisotopic (exact) mass is 332 g/mol. The molecule has 2 rings (SSSR count). The summed E-state index contributed by atoms with van der Waals surface area (Å²) in [6.07, 6.45) is 3.30. The first-order chi connectivity index (χ1) is 11.2. The third-order valence-electron chi connectivity index (χ3n) is 3.44. The summed E-state index contributed by atoms with van der Waals surface area (Å²) < 4.78 is 5.18. The Labute approximate surface area is 141 Å². The van der Waals surface area contributed by atoms with Crippen molar-refractivity contribution in [2.24, 2.45) is 5.41 Å². The number of amides is 1. The van der Waals surface area contributed by atoms with E-state index in [0.29, 0.717) is 18.1 Å². The maximum atomic E-state index is 12.2. The maximum Gasteiger partial charge on any atom is 0.246 e. The van der Waals surface area contributed by atoms with Crippen molar-refractivity contribution in [1.29, 1.82) is 0 Å². The van der Waals surface area contributed by atoms with Crippen LogP contribution < -0.4 is 0 Å². The lowest BCUT2D eigenvalue weighted by Crippen LogP contribution is -2.31. The number of carbonyl (C=O) groups is 1. The zero-order valence-electron chi connectivity index (χ0n) is 14.6. The lowest BCUT2D eigenvalue weighted by molar-refractivity contribution is -0.133. The Morgan fingerprint density at radius 2 is 2.17 bits per heavy atom. The number of nitrogens with zero attached hydrogens (tertiary/aromatic N) is 4. The standard InChI is InChI=1S/C17H24N4O3/c1-17(2,3)9-13(22)8-15(23)21(4)11-14-19-16(20-24-14)12-6-5-7-18-10-12/h5-7,10,13,22H,8-9,11H2,1-4H3/t13-/m0/s1. The molecule has 0 aliphatic heterocycles. The van der Waals surface area contributed by atoms with E-state index in [1.807, 2.05) is 26.8 Å². The van der Waals surface area contributed by atoms with E-state index in [9.17, 15) is 9.90 Å². The predicted molar refractivity (Wildman–Crippen MR) is 88.7 cm³/mol. The van der Waals surface area contributed by atoms with Gasteiger partial charge in [-0.2, -0.15) is 4.98 Å². The molecular formula is C17H24N4O3. The zero-order valence-corrected chi connectivity index (χ0v) is 14.6. The summed E-state index contributed by atoms with van der Waals surface area (Å²) in [6.45, 7) is 6.29. The van der Waals surface area contributed by atoms with Gasteiger partial charge in [0.2, 0.25) is 17.6 Å². The molecule has 0 saturated heterocycles. The van der Waals surface area contributed by atoms with Gasteiger partial charge in [-0.3, -0.25) is 9.78 Å². The Morgan fingerprint density at radius 1 is 1.42 bits per heavy atom. The van der Waals surface area contributed by atoms with Crippen LogP contribution in [0, 0.1) is 5.41 Å². The third-order valence-corrected chi connectivity index (χ3v) is 3.44. The van der Waals surface area contributed by atoms with Crippen LogP contribution in [0.1, 0.15) is 39.5 Å². The molecule has 0 spiro atoms. The molecule has 1 amide bonds. The van der Waals surface area contributed by atoms with Gasteiger partial charge in [0.05, 0.1) is 19.1 Å². The first-order valence-corrected chi connectivity index (χ1v) is 7.89. The Hall–Kier alpha value is -2.28. The van der Waals surface area contributed by atoms with E-state index in [1.165, 1.54) is 4.90 Å². The van der Waals surface area contributed by atoms with Crippen LogP contribution >= 0.6 is 0 Å². The lowest BCUT2D eigenvalue weighted by Gasteiger charge is -2.23. The van der Waals surface area contributed by atoms with Crippen molar-refractivity contribution in [2.75, 3.05) is 7.05 Å². The Morgan fingerprint density at radius 3 is 2.79 bits per heavy atom. The molecule has 0 saturated carbocycles. The van der Waals surface area contributed by atoms with E-state index in [-0.39, 0.29) is 24.3 Å². The van der Waals surface area contributed by atoms with E-state index in [1.54, 1.807) is 25.5 Å². The lowest BCUT2D eigenvalue weighted by atomic mass is 9.88. The van der Waals surface area contributed by atoms with Crippen molar-refractivity contribution < 1.29 is 14.4 Å². The molecule has 0 radical (unpaired) electrons. The van der Waals surface area contributed by atoms with Crippen molar-refractivity contribution in [3.63, 3.8) is 0 Å². The Kier molecular flexibility index (Phi) is 5.66. The highest BCUT2D eigenvalue weighted by molar-refractivity contribution is 5.76. The number of rotatable bonds is 6. The van der Waals surface area contributed by atoms with Crippen molar-refractivity contribution in [3.8, 4) is 11.4 Å². The first-order valence-electron chi connectivity index (χ1n) is 7.89. The molecule has 1 N–H and O–H groups in total. The van der Waals surface area contributed by atoms with Crippen molar-refractivity contribution >= 4 is 5.91 Å². The molecule has 0 aliphatic rings. The summed E-state index contributed by atoms with van der Waals surface area (Å²) in [7, 11) is 1.65. The number of hydrogen-bond donors (Lipinski definition) is 1. The number of aliphatic hydroxyl groups excluding tert-OH is 1. The minimum Gasteiger partial charge on any atom is -0.393 e. The maximum absolute atomic E-state index is 12.2. The molecule has 0 fully saturated rings. The van der Waals surface area contributed by atoms with Crippen LogP contribution in [0.5, 0.6) is 0 Å². The van der Waals surface area contributed by atoms with Crippen LogP contribution in [-0.2, 0) is 11.3 Å². The normalized spacial score (nSPS) is 12.9. The Balaban J connectivity index is 1.91. The van der Waals surface area contributed by atoms with Crippen LogP contribution in [0.4, 0.5) is 0 Å². The quantitative estimate of drug-likeness (QED) is 0.872. The largest absolute Gasteiger partial charge is 0.393 e. The van der Waals surface area contributed by atoms with Gasteiger partial charge in [-0.25, -0.2) is 0 Å². The van der Waals surface area contributed by atoms with Gasteiger partial charge in [0, 0.05) is 25.0 Å². The molecule has 0 aromatic carbocycles. The average Bonchev–Trinajstić information content (AvgIpc) is 2.94. The minimum absolute atomic E-state index is 0.0244. The summed E-state index contributed by atoms with van der Waals surface area (Å²) in [5.41, 5.74) is 0.727. The fraction of sp³-hybridized carbons (Fsp3) is 0.529. The van der Waals surface area contributed by atoms with Gasteiger partial charge < -0.3 is 14.5 Å². The van der Waals surface area contributed by atoms with Gasteiger partial charge in [0.15, 0.2) is 0 Å². The highest BCUT2D eigenvalue weighted by Gasteiger charge is 2.22. The SMILES string of the molecule is CN(Cc1nc(-c2cccnc2)no1)C(=O)C[C@H](O)CC(C)(C)C. The molecule has 2 aromatic rings. The van der Waals surface area contributed by atoms with E-state index >= 15 is 0 Å². The van der Waals surface area contributed by atoms with Crippen LogP contribution in [0.2, 0.25) is 0 Å². The Bertz CT molecular complexity index is 664. The molecule has 24 heavy (non-hydrogen) atoms. The number of aliphatic hydroxyl groups is 1. The summed E-state index contributed by atoms with van der Waals surface area (Å²) >= 11 is 0. The molecule has 7 heteroatoms. The third kappa shape index (κ3) is 5.42. The molecule has 2 aromatic heterocycles. The topological polar surface area (TPSA) is 92.4 Å². The van der Waals surface area contributed by atoms with Gasteiger partial charge in [0.25, 0.3) is 0 Å². The molecule has 2 heterocycles. The van der Waals surface area contributed by atoms with E-state index < -0.39 is 6.10 Å². The van der Waals surface area contributed by atoms with E-state index in [2.05, 4.69) is 15.1 Å². The highest BCUT2D eigenvalue weighted by atomic mass is 16.5. The second-order valence-electron chi connectivity index (χ2n) is 7.13. The molecular weight excluding hydrogens is 308 g/mol. The van der Waals surface area contributed by atoms with Crippen LogP contribution in [-0.4, -0.2) is 44.2 Å². The zero-order chi connectivity index (χ0) is 17.7. The molecule has 0 aliphatic carbocycles. The molecule has 0 unspecified atom stereocenters. The second-order valence-corrected chi connectivity index (χ2v) is 7.13. The van der Waals surface area contributed by atoms with Gasteiger partial charge in [-0.15, -0.1) is 0 Å². The molecule has 1 atom stereocenters.